The highest BCUT2D eigenvalue weighted by molar-refractivity contribution is 7.94. The van der Waals surface area contributed by atoms with Crippen LogP contribution in [0.25, 0.3) is 0 Å². The number of ether oxygens (including phenoxy) is 1. The van der Waals surface area contributed by atoms with Crippen molar-refractivity contribution in [3.05, 3.63) is 47.5 Å². The van der Waals surface area contributed by atoms with Crippen molar-refractivity contribution in [3.8, 4) is 17.6 Å². The van der Waals surface area contributed by atoms with Gasteiger partial charge in [-0.1, -0.05) is 18.2 Å². The van der Waals surface area contributed by atoms with E-state index in [1.807, 2.05) is 49.3 Å². The summed E-state index contributed by atoms with van der Waals surface area (Å²) in [5.74, 6) is 0.993. The predicted octanol–water partition coefficient (Wildman–Crippen LogP) is 3.97. The van der Waals surface area contributed by atoms with Crippen LogP contribution in [0.3, 0.4) is 0 Å². The summed E-state index contributed by atoms with van der Waals surface area (Å²) in [5.41, 5.74) is 7.39. The number of nitrogens with zero attached hydrogens (tertiary/aromatic N) is 2. The molecule has 0 amide bonds. The van der Waals surface area contributed by atoms with Crippen LogP contribution in [0.1, 0.15) is 11.1 Å². The van der Waals surface area contributed by atoms with Crippen molar-refractivity contribution in [1.29, 1.82) is 5.26 Å². The molecule has 6 heteroatoms. The van der Waals surface area contributed by atoms with E-state index in [2.05, 4.69) is 0 Å². The number of rotatable bonds is 5. The number of anilines is 1. The zero-order valence-corrected chi connectivity index (χ0v) is 13.2. The molecule has 0 atom stereocenters. The van der Waals surface area contributed by atoms with Crippen LogP contribution in [0.2, 0.25) is 0 Å². The lowest BCUT2D eigenvalue weighted by atomic mass is 10.1. The minimum atomic E-state index is 0.00200. The lowest BCUT2D eigenvalue weighted by molar-refractivity contribution is 0.389. The summed E-state index contributed by atoms with van der Waals surface area (Å²) in [6, 6.07) is 12.4. The smallest absolute Gasteiger partial charge is 0.151 e. The van der Waals surface area contributed by atoms with E-state index in [1.54, 1.807) is 0 Å². The minimum Gasteiger partial charge on any atom is -0.455 e. The number of hydrogen-bond acceptors (Lipinski definition) is 5. The van der Waals surface area contributed by atoms with Crippen LogP contribution < -0.4 is 10.5 Å². The SMILES string of the molecule is CN(C)Cc1ccccc1Oc1cc(SF)c(C#N)cc1N. The first kappa shape index (κ1) is 16.1. The standard InChI is InChI=1S/C16H16FN3OS/c1-20(2)10-11-5-3-4-6-14(11)21-15-8-16(22-17)12(9-18)7-13(15)19/h3-8H,10,19H2,1-2H3. The Morgan fingerprint density at radius 2 is 2.00 bits per heavy atom. The first-order valence-corrected chi connectivity index (χ1v) is 7.29. The van der Waals surface area contributed by atoms with E-state index in [4.69, 9.17) is 15.7 Å². The third kappa shape index (κ3) is 3.70. The number of nitrogens with two attached hydrogens (primary N) is 1. The van der Waals surface area contributed by atoms with Gasteiger partial charge in [0.1, 0.15) is 11.8 Å². The maximum Gasteiger partial charge on any atom is 0.151 e. The summed E-state index contributed by atoms with van der Waals surface area (Å²) in [7, 11) is 3.93. The molecule has 0 spiro atoms. The molecule has 0 aliphatic carbocycles. The lowest BCUT2D eigenvalue weighted by Gasteiger charge is -2.16. The second kappa shape index (κ2) is 7.16. The monoisotopic (exact) mass is 317 g/mol. The fourth-order valence-corrected chi connectivity index (χ4v) is 2.35. The molecular formula is C16H16FN3OS. The number of nitrogen functional groups attached to an aromatic ring is 1. The summed E-state index contributed by atoms with van der Waals surface area (Å²) in [4.78, 5) is 2.21. The third-order valence-electron chi connectivity index (χ3n) is 2.99. The molecule has 2 N–H and O–H groups in total. The van der Waals surface area contributed by atoms with E-state index in [1.165, 1.54) is 12.1 Å². The van der Waals surface area contributed by atoms with E-state index in [0.717, 1.165) is 5.56 Å². The van der Waals surface area contributed by atoms with Gasteiger partial charge in [-0.05, 0) is 26.2 Å². The van der Waals surface area contributed by atoms with Crippen molar-refractivity contribution in [1.82, 2.24) is 4.90 Å². The van der Waals surface area contributed by atoms with Gasteiger partial charge >= 0.3 is 0 Å². The average molecular weight is 317 g/mol. The van der Waals surface area contributed by atoms with Gasteiger partial charge < -0.3 is 15.4 Å². The van der Waals surface area contributed by atoms with Crippen LogP contribution in [-0.2, 0) is 6.54 Å². The van der Waals surface area contributed by atoms with Crippen molar-refractivity contribution < 1.29 is 8.62 Å². The first-order valence-electron chi connectivity index (χ1n) is 6.58. The summed E-state index contributed by atoms with van der Waals surface area (Å²) in [5, 5.41) is 8.97. The van der Waals surface area contributed by atoms with E-state index in [-0.39, 0.29) is 22.6 Å². The summed E-state index contributed by atoms with van der Waals surface area (Å²) in [6.07, 6.45) is 0. The molecule has 0 radical (unpaired) electrons. The second-order valence-corrected chi connectivity index (χ2v) is 5.62. The van der Waals surface area contributed by atoms with Crippen molar-refractivity contribution >= 4 is 17.8 Å². The molecule has 114 valence electrons. The fraction of sp³-hybridized carbons (Fsp3) is 0.188. The highest BCUT2D eigenvalue weighted by atomic mass is 32.2. The van der Waals surface area contributed by atoms with E-state index < -0.39 is 0 Å². The van der Waals surface area contributed by atoms with Gasteiger partial charge in [0.05, 0.1) is 28.3 Å². The fourth-order valence-electron chi connectivity index (χ4n) is 2.01. The Balaban J connectivity index is 2.38. The topological polar surface area (TPSA) is 62.3 Å². The number of benzene rings is 2. The van der Waals surface area contributed by atoms with Gasteiger partial charge in [-0.2, -0.15) is 9.15 Å². The number of nitriles is 1. The molecule has 2 aromatic carbocycles. The van der Waals surface area contributed by atoms with Gasteiger partial charge in [0.15, 0.2) is 5.75 Å². The molecule has 2 rings (SSSR count). The van der Waals surface area contributed by atoms with Crippen LogP contribution in [0.15, 0.2) is 41.3 Å². The number of para-hydroxylation sites is 1. The Bertz CT molecular complexity index is 713. The molecule has 0 unspecified atom stereocenters. The van der Waals surface area contributed by atoms with Crippen molar-refractivity contribution in [2.24, 2.45) is 0 Å². The summed E-state index contributed by atoms with van der Waals surface area (Å²) < 4.78 is 18.8. The van der Waals surface area contributed by atoms with Gasteiger partial charge in [-0.25, -0.2) is 0 Å². The van der Waals surface area contributed by atoms with Gasteiger partial charge in [0.25, 0.3) is 0 Å². The Morgan fingerprint density at radius 1 is 1.27 bits per heavy atom. The second-order valence-electron chi connectivity index (χ2n) is 5.02. The molecule has 0 saturated heterocycles. The molecular weight excluding hydrogens is 301 g/mol. The molecule has 4 nitrogen and oxygen atoms in total. The molecule has 0 aliphatic heterocycles. The van der Waals surface area contributed by atoms with E-state index >= 15 is 0 Å². The van der Waals surface area contributed by atoms with Crippen molar-refractivity contribution in [3.63, 3.8) is 0 Å². The molecule has 0 saturated carbocycles. The van der Waals surface area contributed by atoms with E-state index in [0.29, 0.717) is 23.7 Å². The van der Waals surface area contributed by atoms with Gasteiger partial charge in [0, 0.05) is 18.2 Å². The van der Waals surface area contributed by atoms with Crippen LogP contribution in [-0.4, -0.2) is 19.0 Å². The van der Waals surface area contributed by atoms with Crippen molar-refractivity contribution in [2.75, 3.05) is 19.8 Å². The van der Waals surface area contributed by atoms with Gasteiger partial charge in [-0.15, -0.1) is 0 Å². The Morgan fingerprint density at radius 3 is 2.64 bits per heavy atom. The maximum absolute atomic E-state index is 12.9. The van der Waals surface area contributed by atoms with Crippen LogP contribution in [0, 0.1) is 11.3 Å². The quantitative estimate of drug-likeness (QED) is 0.845. The Labute approximate surface area is 133 Å². The lowest BCUT2D eigenvalue weighted by Crippen LogP contribution is -2.11. The highest BCUT2D eigenvalue weighted by Crippen LogP contribution is 2.36. The van der Waals surface area contributed by atoms with Gasteiger partial charge in [0.2, 0.25) is 0 Å². The molecule has 2 aromatic rings. The highest BCUT2D eigenvalue weighted by Gasteiger charge is 2.12. The molecule has 0 fully saturated rings. The normalized spacial score (nSPS) is 10.5. The zero-order valence-electron chi connectivity index (χ0n) is 12.3. The first-order chi connectivity index (χ1) is 10.5. The summed E-state index contributed by atoms with van der Waals surface area (Å²) >= 11 is 0.00200. The maximum atomic E-state index is 12.9. The molecule has 0 aliphatic rings. The van der Waals surface area contributed by atoms with Gasteiger partial charge in [-0.3, -0.25) is 0 Å². The number of halogens is 1. The largest absolute Gasteiger partial charge is 0.455 e. The molecule has 22 heavy (non-hydrogen) atoms. The number of hydrogen-bond donors (Lipinski definition) is 1. The predicted molar refractivity (Wildman–Crippen MR) is 86.4 cm³/mol. The van der Waals surface area contributed by atoms with Crippen molar-refractivity contribution in [2.45, 2.75) is 11.4 Å². The van der Waals surface area contributed by atoms with Crippen LogP contribution in [0.4, 0.5) is 9.57 Å². The Kier molecular flexibility index (Phi) is 5.26. The van der Waals surface area contributed by atoms with E-state index in [9.17, 15) is 3.89 Å². The van der Waals surface area contributed by atoms with Crippen LogP contribution >= 0.6 is 12.1 Å². The molecule has 0 bridgehead atoms. The zero-order chi connectivity index (χ0) is 16.1. The molecule has 0 heterocycles. The minimum absolute atomic E-state index is 0.00200. The Hall–Kier alpha value is -2.23. The third-order valence-corrected chi connectivity index (χ3v) is 3.50. The van der Waals surface area contributed by atoms with Crippen LogP contribution in [0.5, 0.6) is 11.5 Å². The molecule has 0 aromatic heterocycles. The average Bonchev–Trinajstić information content (AvgIpc) is 2.50. The summed E-state index contributed by atoms with van der Waals surface area (Å²) in [6.45, 7) is 0.705.